The molecule has 7 heteroatoms. The lowest BCUT2D eigenvalue weighted by molar-refractivity contribution is 0.597. The molecule has 20 heavy (non-hydrogen) atoms. The first-order chi connectivity index (χ1) is 9.52. The molecule has 0 aliphatic carbocycles. The van der Waals surface area contributed by atoms with E-state index in [0.717, 1.165) is 29.8 Å². The molecule has 2 heterocycles. The van der Waals surface area contributed by atoms with Crippen LogP contribution in [0.1, 0.15) is 25.6 Å². The highest BCUT2D eigenvalue weighted by atomic mass is 16.2. The van der Waals surface area contributed by atoms with Crippen molar-refractivity contribution in [3.8, 4) is 0 Å². The molecule has 2 aromatic heterocycles. The summed E-state index contributed by atoms with van der Waals surface area (Å²) in [4.78, 5) is 28.8. The molecule has 0 fully saturated rings. The Kier molecular flexibility index (Phi) is 4.08. The van der Waals surface area contributed by atoms with E-state index in [1.807, 2.05) is 11.6 Å². The number of unbranched alkanes of at least 4 members (excludes halogenated alkanes) is 1. The number of aryl methyl sites for hydroxylation is 2. The maximum Gasteiger partial charge on any atom is 0.332 e. The Bertz CT molecular complexity index is 738. The van der Waals surface area contributed by atoms with Crippen molar-refractivity contribution in [2.75, 3.05) is 7.05 Å². The van der Waals surface area contributed by atoms with Gasteiger partial charge in [0.25, 0.3) is 5.56 Å². The van der Waals surface area contributed by atoms with Gasteiger partial charge >= 0.3 is 5.69 Å². The van der Waals surface area contributed by atoms with Crippen molar-refractivity contribution in [1.82, 2.24) is 24.0 Å². The second-order valence-electron chi connectivity index (χ2n) is 4.94. The van der Waals surface area contributed by atoms with Crippen molar-refractivity contribution in [2.45, 2.75) is 32.9 Å². The van der Waals surface area contributed by atoms with E-state index in [9.17, 15) is 9.59 Å². The van der Waals surface area contributed by atoms with Crippen molar-refractivity contribution in [2.24, 2.45) is 14.1 Å². The largest absolute Gasteiger partial charge is 0.332 e. The van der Waals surface area contributed by atoms with Gasteiger partial charge in [-0.25, -0.2) is 9.78 Å². The number of hydrogen-bond acceptors (Lipinski definition) is 4. The van der Waals surface area contributed by atoms with Gasteiger partial charge in [-0.15, -0.1) is 0 Å². The first kappa shape index (κ1) is 14.5. The number of fused-ring (bicyclic) bond motifs is 1. The Morgan fingerprint density at radius 2 is 1.90 bits per heavy atom. The third kappa shape index (κ3) is 2.18. The van der Waals surface area contributed by atoms with Crippen LogP contribution in [0.2, 0.25) is 0 Å². The van der Waals surface area contributed by atoms with Crippen molar-refractivity contribution in [1.29, 1.82) is 0 Å². The summed E-state index contributed by atoms with van der Waals surface area (Å²) in [6.45, 7) is 3.40. The molecule has 0 atom stereocenters. The normalized spacial score (nSPS) is 11.4. The molecular formula is C13H21N5O2. The summed E-state index contributed by atoms with van der Waals surface area (Å²) in [5.41, 5.74) is 0.334. The van der Waals surface area contributed by atoms with Crippen LogP contribution in [0, 0.1) is 0 Å². The van der Waals surface area contributed by atoms with Gasteiger partial charge in [-0.2, -0.15) is 0 Å². The van der Waals surface area contributed by atoms with Crippen LogP contribution >= 0.6 is 0 Å². The fraction of sp³-hybridized carbons (Fsp3) is 0.615. The van der Waals surface area contributed by atoms with E-state index in [0.29, 0.717) is 17.7 Å². The lowest BCUT2D eigenvalue weighted by Gasteiger charge is -2.08. The Morgan fingerprint density at radius 3 is 2.50 bits per heavy atom. The molecule has 0 aliphatic rings. The van der Waals surface area contributed by atoms with Gasteiger partial charge in [0.1, 0.15) is 5.82 Å². The minimum absolute atomic E-state index is 0.283. The third-order valence-electron chi connectivity index (χ3n) is 3.50. The van der Waals surface area contributed by atoms with Crippen LogP contribution < -0.4 is 16.6 Å². The van der Waals surface area contributed by atoms with Crippen LogP contribution in [-0.4, -0.2) is 25.7 Å². The van der Waals surface area contributed by atoms with E-state index in [4.69, 9.17) is 0 Å². The van der Waals surface area contributed by atoms with E-state index < -0.39 is 0 Å². The second kappa shape index (κ2) is 5.62. The molecule has 0 spiro atoms. The molecular weight excluding hydrogens is 258 g/mol. The Labute approximate surface area is 116 Å². The molecule has 110 valence electrons. The number of rotatable bonds is 5. The van der Waals surface area contributed by atoms with Crippen molar-refractivity contribution in [3.63, 3.8) is 0 Å². The van der Waals surface area contributed by atoms with Gasteiger partial charge in [-0.1, -0.05) is 13.3 Å². The van der Waals surface area contributed by atoms with Crippen molar-refractivity contribution < 1.29 is 0 Å². The molecule has 0 aliphatic heterocycles. The monoisotopic (exact) mass is 279 g/mol. The molecule has 2 rings (SSSR count). The molecule has 0 unspecified atom stereocenters. The Balaban J connectivity index is 2.82. The van der Waals surface area contributed by atoms with Crippen LogP contribution in [0.4, 0.5) is 0 Å². The highest BCUT2D eigenvalue weighted by Crippen LogP contribution is 2.12. The van der Waals surface area contributed by atoms with E-state index in [1.165, 1.54) is 11.6 Å². The van der Waals surface area contributed by atoms with Crippen LogP contribution in [0.3, 0.4) is 0 Å². The SMILES string of the molecule is CCCCn1c(CNC)nc2c1c(=O)n(C)c(=O)n2C. The van der Waals surface area contributed by atoms with Gasteiger partial charge in [0, 0.05) is 20.6 Å². The number of imidazole rings is 1. The topological polar surface area (TPSA) is 73.8 Å². The lowest BCUT2D eigenvalue weighted by Crippen LogP contribution is -2.37. The average Bonchev–Trinajstić information content (AvgIpc) is 2.79. The van der Waals surface area contributed by atoms with E-state index >= 15 is 0 Å². The summed E-state index contributed by atoms with van der Waals surface area (Å²) in [6.07, 6.45) is 2.00. The fourth-order valence-corrected chi connectivity index (χ4v) is 2.34. The van der Waals surface area contributed by atoms with E-state index in [-0.39, 0.29) is 11.2 Å². The fourth-order valence-electron chi connectivity index (χ4n) is 2.34. The summed E-state index contributed by atoms with van der Waals surface area (Å²) in [5.74, 6) is 0.786. The van der Waals surface area contributed by atoms with Gasteiger partial charge in [0.05, 0.1) is 6.54 Å². The number of nitrogens with one attached hydrogen (secondary N) is 1. The standard InChI is InChI=1S/C13H21N5O2/c1-5-6-7-18-9(8-14-2)15-11-10(18)12(19)17(4)13(20)16(11)3/h14H,5-8H2,1-4H3. The first-order valence-corrected chi connectivity index (χ1v) is 6.82. The average molecular weight is 279 g/mol. The van der Waals surface area contributed by atoms with Gasteiger partial charge in [0.2, 0.25) is 0 Å². The molecule has 0 amide bonds. The smallest absolute Gasteiger partial charge is 0.321 e. The molecule has 0 saturated carbocycles. The molecule has 0 aromatic carbocycles. The predicted molar refractivity (Wildman–Crippen MR) is 77.9 cm³/mol. The maximum absolute atomic E-state index is 12.4. The highest BCUT2D eigenvalue weighted by Gasteiger charge is 2.18. The van der Waals surface area contributed by atoms with Gasteiger partial charge in [-0.3, -0.25) is 13.9 Å². The molecule has 7 nitrogen and oxygen atoms in total. The number of hydrogen-bond donors (Lipinski definition) is 1. The summed E-state index contributed by atoms with van der Waals surface area (Å²) in [5, 5.41) is 3.05. The highest BCUT2D eigenvalue weighted by molar-refractivity contribution is 5.71. The molecule has 0 bridgehead atoms. The summed E-state index contributed by atoms with van der Waals surface area (Å²) >= 11 is 0. The number of nitrogens with zero attached hydrogens (tertiary/aromatic N) is 4. The quantitative estimate of drug-likeness (QED) is 0.833. The van der Waals surface area contributed by atoms with Gasteiger partial charge < -0.3 is 9.88 Å². The van der Waals surface area contributed by atoms with E-state index in [2.05, 4.69) is 17.2 Å². The zero-order chi connectivity index (χ0) is 14.9. The first-order valence-electron chi connectivity index (χ1n) is 6.82. The summed E-state index contributed by atoms with van der Waals surface area (Å²) < 4.78 is 4.49. The van der Waals surface area contributed by atoms with Crippen molar-refractivity contribution in [3.05, 3.63) is 26.7 Å². The zero-order valence-corrected chi connectivity index (χ0v) is 12.4. The van der Waals surface area contributed by atoms with Crippen molar-refractivity contribution >= 4 is 11.2 Å². The second-order valence-corrected chi connectivity index (χ2v) is 4.94. The minimum atomic E-state index is -0.348. The molecule has 0 radical (unpaired) electrons. The molecule has 2 aromatic rings. The van der Waals surface area contributed by atoms with Gasteiger partial charge in [0.15, 0.2) is 11.2 Å². The zero-order valence-electron chi connectivity index (χ0n) is 12.4. The van der Waals surface area contributed by atoms with Crippen LogP contribution in [-0.2, 0) is 27.2 Å². The van der Waals surface area contributed by atoms with E-state index in [1.54, 1.807) is 7.05 Å². The van der Waals surface area contributed by atoms with Gasteiger partial charge in [-0.05, 0) is 13.5 Å². The Morgan fingerprint density at radius 1 is 1.20 bits per heavy atom. The third-order valence-corrected chi connectivity index (χ3v) is 3.50. The Hall–Kier alpha value is -1.89. The predicted octanol–water partition coefficient (Wildman–Crippen LogP) is -0.0468. The summed E-state index contributed by atoms with van der Waals surface area (Å²) in [6, 6.07) is 0. The minimum Gasteiger partial charge on any atom is -0.321 e. The van der Waals surface area contributed by atoms with Crippen LogP contribution in [0.5, 0.6) is 0 Å². The van der Waals surface area contributed by atoms with Crippen LogP contribution in [0.25, 0.3) is 11.2 Å². The number of aromatic nitrogens is 4. The molecule has 0 saturated heterocycles. The van der Waals surface area contributed by atoms with Crippen LogP contribution in [0.15, 0.2) is 9.59 Å². The summed E-state index contributed by atoms with van der Waals surface area (Å²) in [7, 11) is 4.98. The molecule has 1 N–H and O–H groups in total. The maximum atomic E-state index is 12.4. The lowest BCUT2D eigenvalue weighted by atomic mass is 10.3.